The normalized spacial score (nSPS) is 28.5. The minimum Gasteiger partial charge on any atom is -0.634 e. The zero-order chi connectivity index (χ0) is 12.8. The van der Waals surface area contributed by atoms with Crippen molar-refractivity contribution >= 4 is 11.9 Å². The first-order valence-electron chi connectivity index (χ1n) is 5.93. The molecular weight excluding hydrogens is 226 g/mol. The van der Waals surface area contributed by atoms with Crippen molar-refractivity contribution < 1.29 is 24.1 Å². The van der Waals surface area contributed by atoms with E-state index < -0.39 is 23.8 Å². The van der Waals surface area contributed by atoms with Crippen molar-refractivity contribution in [3.63, 3.8) is 0 Å². The summed E-state index contributed by atoms with van der Waals surface area (Å²) in [4.78, 5) is 23.1. The molecule has 0 radical (unpaired) electrons. The Morgan fingerprint density at radius 1 is 1.12 bits per heavy atom. The number of carbonyl (C=O) groups excluding carboxylic acids is 2. The highest BCUT2D eigenvalue weighted by Gasteiger charge is 2.37. The standard InChI is InChI=1S/C11H19NO5/c1-3-16-10(13)8-5-9(7-12(15)6-8)11(14)17-4-2/h8-9,12H,3-7H2,1-2H3. The van der Waals surface area contributed by atoms with E-state index in [-0.39, 0.29) is 31.4 Å². The second-order valence-corrected chi connectivity index (χ2v) is 4.08. The Labute approximate surface area is 100 Å². The molecule has 17 heavy (non-hydrogen) atoms. The van der Waals surface area contributed by atoms with Gasteiger partial charge < -0.3 is 19.7 Å². The molecule has 0 aromatic rings. The lowest BCUT2D eigenvalue weighted by molar-refractivity contribution is -0.859. The smallest absolute Gasteiger partial charge is 0.314 e. The van der Waals surface area contributed by atoms with Gasteiger partial charge in [0.1, 0.15) is 11.8 Å². The molecule has 0 amide bonds. The minimum absolute atomic E-state index is 0.0765. The average Bonchev–Trinajstić information content (AvgIpc) is 2.29. The van der Waals surface area contributed by atoms with Crippen molar-refractivity contribution in [2.24, 2.45) is 11.8 Å². The van der Waals surface area contributed by atoms with Gasteiger partial charge in [-0.05, 0) is 20.3 Å². The van der Waals surface area contributed by atoms with E-state index in [1.165, 1.54) is 0 Å². The molecule has 2 unspecified atom stereocenters. The summed E-state index contributed by atoms with van der Waals surface area (Å²) in [6, 6.07) is 0. The Morgan fingerprint density at radius 3 is 1.88 bits per heavy atom. The van der Waals surface area contributed by atoms with Crippen molar-refractivity contribution in [2.45, 2.75) is 20.3 Å². The fourth-order valence-corrected chi connectivity index (χ4v) is 2.02. The van der Waals surface area contributed by atoms with E-state index in [1.807, 2.05) is 0 Å². The summed E-state index contributed by atoms with van der Waals surface area (Å²) >= 11 is 0. The quantitative estimate of drug-likeness (QED) is 0.514. The molecule has 98 valence electrons. The maximum atomic E-state index is 11.5. The third kappa shape index (κ3) is 3.98. The van der Waals surface area contributed by atoms with E-state index in [1.54, 1.807) is 13.8 Å². The van der Waals surface area contributed by atoms with Crippen LogP contribution < -0.4 is 5.06 Å². The lowest BCUT2D eigenvalue weighted by Gasteiger charge is -2.34. The van der Waals surface area contributed by atoms with Crippen LogP contribution in [0.5, 0.6) is 0 Å². The summed E-state index contributed by atoms with van der Waals surface area (Å²) < 4.78 is 9.75. The van der Waals surface area contributed by atoms with Crippen LogP contribution in [0, 0.1) is 17.0 Å². The SMILES string of the molecule is CCOC(=O)C1CC(C(=O)OCC)C[NH+]([O-])C1. The van der Waals surface area contributed by atoms with E-state index in [4.69, 9.17) is 9.47 Å². The summed E-state index contributed by atoms with van der Waals surface area (Å²) in [6.07, 6.45) is 0.351. The molecule has 1 aliphatic rings. The lowest BCUT2D eigenvalue weighted by Crippen LogP contribution is -3.10. The maximum absolute atomic E-state index is 11.5. The van der Waals surface area contributed by atoms with E-state index in [0.29, 0.717) is 6.42 Å². The monoisotopic (exact) mass is 245 g/mol. The molecule has 1 heterocycles. The topological polar surface area (TPSA) is 80.1 Å². The minimum atomic E-state index is -0.495. The number of rotatable bonds is 4. The number of carbonyl (C=O) groups is 2. The first-order valence-corrected chi connectivity index (χ1v) is 5.93. The fourth-order valence-electron chi connectivity index (χ4n) is 2.02. The van der Waals surface area contributed by atoms with Gasteiger partial charge in [0, 0.05) is 0 Å². The first-order chi connectivity index (χ1) is 8.08. The third-order valence-corrected chi connectivity index (χ3v) is 2.76. The predicted octanol–water partition coefficient (Wildman–Crippen LogP) is -0.869. The van der Waals surface area contributed by atoms with E-state index >= 15 is 0 Å². The van der Waals surface area contributed by atoms with Crippen molar-refractivity contribution in [3.8, 4) is 0 Å². The molecule has 0 aromatic carbocycles. The van der Waals surface area contributed by atoms with Crippen molar-refractivity contribution in [2.75, 3.05) is 26.3 Å². The third-order valence-electron chi connectivity index (χ3n) is 2.76. The van der Waals surface area contributed by atoms with Crippen LogP contribution in [0.4, 0.5) is 0 Å². The van der Waals surface area contributed by atoms with Gasteiger partial charge in [-0.1, -0.05) is 0 Å². The summed E-state index contributed by atoms with van der Waals surface area (Å²) in [6.45, 7) is 4.35. The highest BCUT2D eigenvalue weighted by Crippen LogP contribution is 2.17. The van der Waals surface area contributed by atoms with Gasteiger partial charge in [0.2, 0.25) is 0 Å². The molecule has 1 N–H and O–H groups in total. The summed E-state index contributed by atoms with van der Waals surface area (Å²) in [5.41, 5.74) is 0. The molecular formula is C11H19NO5. The van der Waals surface area contributed by atoms with Gasteiger partial charge >= 0.3 is 11.9 Å². The highest BCUT2D eigenvalue weighted by molar-refractivity contribution is 5.76. The highest BCUT2D eigenvalue weighted by atomic mass is 16.5. The molecule has 0 aliphatic carbocycles. The van der Waals surface area contributed by atoms with Crippen LogP contribution in [0.15, 0.2) is 0 Å². The molecule has 0 spiro atoms. The maximum Gasteiger partial charge on any atom is 0.314 e. The predicted molar refractivity (Wildman–Crippen MR) is 58.9 cm³/mol. The zero-order valence-electron chi connectivity index (χ0n) is 10.2. The second kappa shape index (κ2) is 6.56. The molecule has 6 heteroatoms. The number of ether oxygens (including phenoxy) is 2. The van der Waals surface area contributed by atoms with Crippen molar-refractivity contribution in [1.29, 1.82) is 0 Å². The fraction of sp³-hybridized carbons (Fsp3) is 0.818. The van der Waals surface area contributed by atoms with Crippen molar-refractivity contribution in [1.82, 2.24) is 0 Å². The Bertz CT molecular complexity index is 255. The van der Waals surface area contributed by atoms with Gasteiger partial charge in [-0.3, -0.25) is 9.59 Å². The number of piperidine rings is 1. The Hall–Kier alpha value is -1.14. The molecule has 1 saturated heterocycles. The van der Waals surface area contributed by atoms with Gasteiger partial charge in [-0.15, -0.1) is 0 Å². The van der Waals surface area contributed by atoms with Crippen LogP contribution in [-0.4, -0.2) is 38.2 Å². The van der Waals surface area contributed by atoms with Gasteiger partial charge in [-0.2, -0.15) is 0 Å². The largest absolute Gasteiger partial charge is 0.634 e. The lowest BCUT2D eigenvalue weighted by atomic mass is 9.90. The number of hydrogen-bond donors (Lipinski definition) is 1. The Kier molecular flexibility index (Phi) is 5.37. The Morgan fingerprint density at radius 2 is 1.53 bits per heavy atom. The molecule has 1 rings (SSSR count). The van der Waals surface area contributed by atoms with E-state index in [9.17, 15) is 14.8 Å². The molecule has 6 nitrogen and oxygen atoms in total. The van der Waals surface area contributed by atoms with Crippen LogP contribution in [0.25, 0.3) is 0 Å². The van der Waals surface area contributed by atoms with Crippen LogP contribution in [0.2, 0.25) is 0 Å². The van der Waals surface area contributed by atoms with Gasteiger partial charge in [-0.25, -0.2) is 0 Å². The van der Waals surface area contributed by atoms with Crippen LogP contribution in [-0.2, 0) is 19.1 Å². The number of hydroxylamine groups is 2. The Balaban J connectivity index is 2.58. The average molecular weight is 245 g/mol. The van der Waals surface area contributed by atoms with Gasteiger partial charge in [0.25, 0.3) is 0 Å². The second-order valence-electron chi connectivity index (χ2n) is 4.08. The van der Waals surface area contributed by atoms with Gasteiger partial charge in [0.05, 0.1) is 26.3 Å². The van der Waals surface area contributed by atoms with E-state index in [0.717, 1.165) is 0 Å². The summed E-state index contributed by atoms with van der Waals surface area (Å²) in [5, 5.41) is 11.4. The molecule has 2 atom stereocenters. The number of esters is 2. The van der Waals surface area contributed by atoms with E-state index in [2.05, 4.69) is 0 Å². The number of quaternary nitrogens is 1. The van der Waals surface area contributed by atoms with Crippen LogP contribution in [0.1, 0.15) is 20.3 Å². The zero-order valence-corrected chi connectivity index (χ0v) is 10.2. The number of hydrogen-bond acceptors (Lipinski definition) is 5. The summed E-state index contributed by atoms with van der Waals surface area (Å²) in [7, 11) is 0. The number of nitrogens with one attached hydrogen (secondary N) is 1. The molecule has 0 aromatic heterocycles. The molecule has 1 aliphatic heterocycles. The van der Waals surface area contributed by atoms with Crippen molar-refractivity contribution in [3.05, 3.63) is 5.21 Å². The summed E-state index contributed by atoms with van der Waals surface area (Å²) in [5.74, 6) is -1.78. The first kappa shape index (κ1) is 13.9. The molecule has 0 bridgehead atoms. The van der Waals surface area contributed by atoms with Crippen LogP contribution in [0.3, 0.4) is 0 Å². The molecule has 1 fully saturated rings. The molecule has 0 saturated carbocycles. The van der Waals surface area contributed by atoms with Crippen LogP contribution >= 0.6 is 0 Å². The van der Waals surface area contributed by atoms with Gasteiger partial charge in [0.15, 0.2) is 0 Å².